The molecule has 0 aliphatic heterocycles. The van der Waals surface area contributed by atoms with Crippen molar-refractivity contribution in [3.05, 3.63) is 34.4 Å². The van der Waals surface area contributed by atoms with E-state index < -0.39 is 23.3 Å². The lowest BCUT2D eigenvalue weighted by atomic mass is 9.97. The molecule has 0 saturated heterocycles. The smallest absolute Gasteiger partial charge is 0.417 e. The number of aldehydes is 1. The average molecular weight is 285 g/mol. The summed E-state index contributed by atoms with van der Waals surface area (Å²) in [4.78, 5) is 22.1. The molecule has 0 aliphatic carbocycles. The van der Waals surface area contributed by atoms with E-state index in [1.807, 2.05) is 0 Å². The largest absolute Gasteiger partial charge is 0.466 e. The lowest BCUT2D eigenvalue weighted by molar-refractivity contribution is -0.142. The maximum absolute atomic E-state index is 12.7. The van der Waals surface area contributed by atoms with Crippen molar-refractivity contribution in [2.75, 3.05) is 6.61 Å². The quantitative estimate of drug-likeness (QED) is 0.629. The highest BCUT2D eigenvalue weighted by Crippen LogP contribution is 2.33. The van der Waals surface area contributed by atoms with Gasteiger partial charge in [0, 0.05) is 5.56 Å². The molecule has 20 heavy (non-hydrogen) atoms. The summed E-state index contributed by atoms with van der Waals surface area (Å²) in [7, 11) is 0. The number of hydrogen-bond acceptors (Lipinski definition) is 4. The van der Waals surface area contributed by atoms with Crippen LogP contribution in [0.25, 0.3) is 0 Å². The third-order valence-corrected chi connectivity index (χ3v) is 2.47. The number of benzene rings is 1. The third-order valence-electron chi connectivity index (χ3n) is 2.47. The lowest BCUT2D eigenvalue weighted by Gasteiger charge is -2.12. The normalized spacial score (nSPS) is 10.8. The van der Waals surface area contributed by atoms with Gasteiger partial charge in [0.1, 0.15) is 0 Å². The molecular weight excluding hydrogens is 275 g/mol. The minimum atomic E-state index is -4.75. The van der Waals surface area contributed by atoms with E-state index in [1.54, 1.807) is 13.0 Å². The number of hydrogen-bond donors (Lipinski definition) is 0. The first kappa shape index (κ1) is 15.7. The van der Waals surface area contributed by atoms with Gasteiger partial charge < -0.3 is 4.74 Å². The maximum Gasteiger partial charge on any atom is 0.417 e. The maximum atomic E-state index is 12.7. The zero-order chi connectivity index (χ0) is 15.3. The Hall–Kier alpha value is -2.36. The third kappa shape index (κ3) is 3.57. The van der Waals surface area contributed by atoms with Gasteiger partial charge in [-0.15, -0.1) is 0 Å². The number of halogens is 3. The molecule has 0 radical (unpaired) electrons. The molecule has 0 fully saturated rings. The van der Waals surface area contributed by atoms with E-state index in [1.165, 1.54) is 0 Å². The van der Waals surface area contributed by atoms with Crippen LogP contribution in [0.3, 0.4) is 0 Å². The van der Waals surface area contributed by atoms with Crippen molar-refractivity contribution in [2.45, 2.75) is 19.5 Å². The van der Waals surface area contributed by atoms with E-state index in [-0.39, 0.29) is 30.4 Å². The van der Waals surface area contributed by atoms with Crippen LogP contribution in [0, 0.1) is 11.3 Å². The van der Waals surface area contributed by atoms with E-state index in [0.29, 0.717) is 6.07 Å². The van der Waals surface area contributed by atoms with Crippen molar-refractivity contribution in [2.24, 2.45) is 0 Å². The second-order valence-electron chi connectivity index (χ2n) is 3.81. The first-order chi connectivity index (χ1) is 9.33. The molecule has 106 valence electrons. The predicted molar refractivity (Wildman–Crippen MR) is 61.9 cm³/mol. The van der Waals surface area contributed by atoms with Crippen molar-refractivity contribution in [1.29, 1.82) is 5.26 Å². The highest BCUT2D eigenvalue weighted by Gasteiger charge is 2.34. The van der Waals surface area contributed by atoms with Crippen LogP contribution in [0.15, 0.2) is 12.1 Å². The van der Waals surface area contributed by atoms with Gasteiger partial charge in [0.25, 0.3) is 0 Å². The van der Waals surface area contributed by atoms with E-state index in [9.17, 15) is 22.8 Å². The summed E-state index contributed by atoms with van der Waals surface area (Å²) in [6, 6.07) is 3.05. The summed E-state index contributed by atoms with van der Waals surface area (Å²) >= 11 is 0. The molecule has 1 aromatic carbocycles. The summed E-state index contributed by atoms with van der Waals surface area (Å²) in [5.41, 5.74) is -2.09. The molecule has 0 unspecified atom stereocenters. The van der Waals surface area contributed by atoms with Crippen molar-refractivity contribution < 1.29 is 27.5 Å². The lowest BCUT2D eigenvalue weighted by Crippen LogP contribution is -2.13. The van der Waals surface area contributed by atoms with Gasteiger partial charge >= 0.3 is 12.1 Å². The molecule has 0 N–H and O–H groups in total. The number of alkyl halides is 3. The van der Waals surface area contributed by atoms with Crippen LogP contribution >= 0.6 is 0 Å². The van der Waals surface area contributed by atoms with Gasteiger partial charge in [0.2, 0.25) is 0 Å². The summed E-state index contributed by atoms with van der Waals surface area (Å²) in [6.07, 6.45) is -5.07. The molecule has 0 heterocycles. The topological polar surface area (TPSA) is 67.2 Å². The monoisotopic (exact) mass is 285 g/mol. The molecule has 0 aromatic heterocycles. The van der Waals surface area contributed by atoms with Crippen LogP contribution in [-0.2, 0) is 22.1 Å². The number of nitriles is 1. The van der Waals surface area contributed by atoms with Crippen molar-refractivity contribution >= 4 is 12.3 Å². The number of esters is 1. The molecule has 0 spiro atoms. The van der Waals surface area contributed by atoms with Crippen LogP contribution in [-0.4, -0.2) is 18.9 Å². The van der Waals surface area contributed by atoms with Gasteiger partial charge in [0.05, 0.1) is 30.2 Å². The summed E-state index contributed by atoms with van der Waals surface area (Å²) < 4.78 is 42.8. The van der Waals surface area contributed by atoms with Gasteiger partial charge in [-0.2, -0.15) is 18.4 Å². The Kier molecular flexibility index (Phi) is 4.86. The van der Waals surface area contributed by atoms with E-state index in [2.05, 4.69) is 4.74 Å². The summed E-state index contributed by atoms with van der Waals surface area (Å²) in [5, 5.41) is 8.86. The first-order valence-corrected chi connectivity index (χ1v) is 5.58. The molecule has 0 saturated carbocycles. The van der Waals surface area contributed by atoms with E-state index >= 15 is 0 Å². The van der Waals surface area contributed by atoms with E-state index in [0.717, 1.165) is 6.07 Å². The molecule has 4 nitrogen and oxygen atoms in total. The zero-order valence-electron chi connectivity index (χ0n) is 10.5. The van der Waals surface area contributed by atoms with Crippen LogP contribution < -0.4 is 0 Å². The molecule has 1 rings (SSSR count). The average Bonchev–Trinajstić information content (AvgIpc) is 2.37. The summed E-state index contributed by atoms with van der Waals surface area (Å²) in [5.74, 6) is -0.680. The molecular formula is C13H10F3NO3. The van der Waals surface area contributed by atoms with Crippen LogP contribution in [0.1, 0.15) is 34.0 Å². The number of ether oxygens (including phenoxy) is 1. The molecule has 0 aliphatic rings. The fourth-order valence-corrected chi connectivity index (χ4v) is 1.62. The van der Waals surface area contributed by atoms with Gasteiger partial charge in [-0.1, -0.05) is 0 Å². The SMILES string of the molecule is CCOC(=O)Cc1cc(C=O)c(C(F)(F)F)cc1C#N. The first-order valence-electron chi connectivity index (χ1n) is 5.58. The van der Waals surface area contributed by atoms with Gasteiger partial charge in [-0.05, 0) is 24.6 Å². The van der Waals surface area contributed by atoms with Gasteiger partial charge in [0.15, 0.2) is 6.29 Å². The predicted octanol–water partition coefficient (Wildman–Crippen LogP) is 2.50. The number of carbonyl (C=O) groups is 2. The van der Waals surface area contributed by atoms with Crippen LogP contribution in [0.4, 0.5) is 13.2 Å². The van der Waals surface area contributed by atoms with Crippen LogP contribution in [0.2, 0.25) is 0 Å². The van der Waals surface area contributed by atoms with Crippen molar-refractivity contribution in [3.63, 3.8) is 0 Å². The Bertz CT molecular complexity index is 573. The van der Waals surface area contributed by atoms with Crippen LogP contribution in [0.5, 0.6) is 0 Å². The Morgan fingerprint density at radius 2 is 2.10 bits per heavy atom. The Morgan fingerprint density at radius 3 is 2.55 bits per heavy atom. The van der Waals surface area contributed by atoms with Crippen molar-refractivity contribution in [1.82, 2.24) is 0 Å². The molecule has 0 amide bonds. The second kappa shape index (κ2) is 6.19. The zero-order valence-corrected chi connectivity index (χ0v) is 10.5. The number of carbonyl (C=O) groups excluding carboxylic acids is 2. The highest BCUT2D eigenvalue weighted by atomic mass is 19.4. The molecule has 1 aromatic rings. The molecule has 0 atom stereocenters. The Balaban J connectivity index is 3.31. The van der Waals surface area contributed by atoms with Gasteiger partial charge in [-0.25, -0.2) is 0 Å². The molecule has 0 bridgehead atoms. The molecule has 7 heteroatoms. The fourth-order valence-electron chi connectivity index (χ4n) is 1.62. The standard InChI is InChI=1S/C13H10F3NO3/c1-2-20-12(19)5-8-3-10(7-18)11(13(14,15)16)4-9(8)6-17/h3-4,7H,2,5H2,1H3. The van der Waals surface area contributed by atoms with E-state index in [4.69, 9.17) is 5.26 Å². The Morgan fingerprint density at radius 1 is 1.45 bits per heavy atom. The fraction of sp³-hybridized carbons (Fsp3) is 0.308. The number of rotatable bonds is 4. The number of nitrogens with zero attached hydrogens (tertiary/aromatic N) is 1. The highest BCUT2D eigenvalue weighted by molar-refractivity contribution is 5.81. The van der Waals surface area contributed by atoms with Gasteiger partial charge in [-0.3, -0.25) is 9.59 Å². The second-order valence-corrected chi connectivity index (χ2v) is 3.81. The summed E-state index contributed by atoms with van der Waals surface area (Å²) in [6.45, 7) is 1.69. The Labute approximate surface area is 112 Å². The minimum Gasteiger partial charge on any atom is -0.466 e. The van der Waals surface area contributed by atoms with Crippen molar-refractivity contribution in [3.8, 4) is 6.07 Å². The minimum absolute atomic E-state index is 0.0288.